The topological polar surface area (TPSA) is 93.6 Å². The first-order valence-corrected chi connectivity index (χ1v) is 7.89. The molecule has 0 fully saturated rings. The highest BCUT2D eigenvalue weighted by Crippen LogP contribution is 2.28. The van der Waals surface area contributed by atoms with Gasteiger partial charge in [0.15, 0.2) is 9.84 Å². The Morgan fingerprint density at radius 1 is 1.24 bits per heavy atom. The molecule has 6 nitrogen and oxygen atoms in total. The predicted octanol–water partition coefficient (Wildman–Crippen LogP) is 1.90. The van der Waals surface area contributed by atoms with Gasteiger partial charge in [-0.3, -0.25) is 4.79 Å². The molecule has 1 aromatic carbocycles. The van der Waals surface area contributed by atoms with E-state index < -0.39 is 15.8 Å². The van der Waals surface area contributed by atoms with E-state index in [4.69, 9.17) is 9.84 Å². The molecule has 0 atom stereocenters. The Kier molecular flexibility index (Phi) is 4.23. The number of benzene rings is 1. The average Bonchev–Trinajstić information content (AvgIpc) is 2.40. The summed E-state index contributed by atoms with van der Waals surface area (Å²) in [6, 6.07) is 9.40. The third-order valence-corrected chi connectivity index (χ3v) is 3.77. The fourth-order valence-corrected chi connectivity index (χ4v) is 2.49. The van der Waals surface area contributed by atoms with Crippen molar-refractivity contribution in [3.8, 4) is 11.6 Å². The third-order valence-electron chi connectivity index (χ3n) is 2.66. The van der Waals surface area contributed by atoms with Gasteiger partial charge in [0.2, 0.25) is 5.88 Å². The molecule has 0 saturated carbocycles. The van der Waals surface area contributed by atoms with Crippen LogP contribution in [0.25, 0.3) is 0 Å². The normalized spacial score (nSPS) is 11.1. The van der Waals surface area contributed by atoms with Gasteiger partial charge in [0.1, 0.15) is 10.6 Å². The monoisotopic (exact) mass is 307 g/mol. The zero-order valence-electron chi connectivity index (χ0n) is 11.2. The Morgan fingerprint density at radius 3 is 2.62 bits per heavy atom. The zero-order valence-corrected chi connectivity index (χ0v) is 12.0. The van der Waals surface area contributed by atoms with Gasteiger partial charge in [-0.05, 0) is 18.2 Å². The number of sulfone groups is 1. The van der Waals surface area contributed by atoms with Crippen LogP contribution in [0.5, 0.6) is 11.6 Å². The van der Waals surface area contributed by atoms with Gasteiger partial charge in [0.25, 0.3) is 0 Å². The average molecular weight is 307 g/mol. The Labute approximate surface area is 121 Å². The number of aliphatic carboxylic acids is 1. The van der Waals surface area contributed by atoms with Crippen LogP contribution in [0, 0.1) is 0 Å². The minimum absolute atomic E-state index is 0.0462. The molecule has 1 N–H and O–H groups in total. The highest BCUT2D eigenvalue weighted by Gasteiger charge is 2.17. The van der Waals surface area contributed by atoms with E-state index in [1.807, 2.05) is 0 Å². The summed E-state index contributed by atoms with van der Waals surface area (Å²) >= 11 is 0. The molecule has 0 bridgehead atoms. The number of ether oxygens (including phenoxy) is 1. The molecule has 1 heterocycles. The Balaban J connectivity index is 2.42. The van der Waals surface area contributed by atoms with E-state index in [2.05, 4.69) is 4.98 Å². The number of rotatable bonds is 5. The van der Waals surface area contributed by atoms with Crippen LogP contribution in [0.15, 0.2) is 47.5 Å². The van der Waals surface area contributed by atoms with E-state index in [-0.39, 0.29) is 22.9 Å². The summed E-state index contributed by atoms with van der Waals surface area (Å²) in [7, 11) is -3.49. The van der Waals surface area contributed by atoms with Crippen LogP contribution in [-0.4, -0.2) is 30.7 Å². The molecule has 7 heteroatoms. The molecule has 0 amide bonds. The summed E-state index contributed by atoms with van der Waals surface area (Å²) in [6.45, 7) is 0. The quantitative estimate of drug-likeness (QED) is 0.906. The second kappa shape index (κ2) is 5.92. The van der Waals surface area contributed by atoms with Gasteiger partial charge >= 0.3 is 5.97 Å². The Morgan fingerprint density at radius 2 is 1.95 bits per heavy atom. The number of hydrogen-bond acceptors (Lipinski definition) is 5. The van der Waals surface area contributed by atoms with E-state index in [1.165, 1.54) is 18.3 Å². The number of carbonyl (C=O) groups is 1. The van der Waals surface area contributed by atoms with E-state index in [0.717, 1.165) is 6.26 Å². The van der Waals surface area contributed by atoms with Crippen molar-refractivity contribution in [1.29, 1.82) is 0 Å². The van der Waals surface area contributed by atoms with E-state index >= 15 is 0 Å². The molecule has 0 unspecified atom stereocenters. The second-order valence-corrected chi connectivity index (χ2v) is 6.34. The third kappa shape index (κ3) is 3.79. The molecule has 0 aliphatic rings. The minimum atomic E-state index is -3.49. The van der Waals surface area contributed by atoms with Crippen molar-refractivity contribution in [3.63, 3.8) is 0 Å². The van der Waals surface area contributed by atoms with Gasteiger partial charge < -0.3 is 9.84 Å². The van der Waals surface area contributed by atoms with Crippen molar-refractivity contribution in [3.05, 3.63) is 48.2 Å². The van der Waals surface area contributed by atoms with Gasteiger partial charge in [-0.2, -0.15) is 0 Å². The molecule has 0 aliphatic heterocycles. The van der Waals surface area contributed by atoms with Gasteiger partial charge in [-0.15, -0.1) is 0 Å². The maximum atomic E-state index is 11.7. The molecule has 0 spiro atoms. The number of aromatic nitrogens is 1. The van der Waals surface area contributed by atoms with Gasteiger partial charge in [0.05, 0.1) is 6.42 Å². The number of carboxylic acids is 1. The summed E-state index contributed by atoms with van der Waals surface area (Å²) < 4.78 is 28.9. The lowest BCUT2D eigenvalue weighted by atomic mass is 10.1. The van der Waals surface area contributed by atoms with Gasteiger partial charge in [-0.25, -0.2) is 13.4 Å². The van der Waals surface area contributed by atoms with Crippen molar-refractivity contribution in [2.45, 2.75) is 11.3 Å². The predicted molar refractivity (Wildman–Crippen MR) is 75.2 cm³/mol. The van der Waals surface area contributed by atoms with Crippen LogP contribution < -0.4 is 4.74 Å². The first-order valence-electron chi connectivity index (χ1n) is 6.00. The molecular weight excluding hydrogens is 294 g/mol. The van der Waals surface area contributed by atoms with Gasteiger partial charge in [0, 0.05) is 18.0 Å². The fraction of sp³-hybridized carbons (Fsp3) is 0.143. The highest BCUT2D eigenvalue weighted by atomic mass is 32.2. The van der Waals surface area contributed by atoms with Crippen LogP contribution in [0.3, 0.4) is 0 Å². The summed E-state index contributed by atoms with van der Waals surface area (Å²) in [5.74, 6) is -0.809. The molecule has 110 valence electrons. The van der Waals surface area contributed by atoms with Crippen LogP contribution >= 0.6 is 0 Å². The van der Waals surface area contributed by atoms with E-state index in [1.54, 1.807) is 24.3 Å². The smallest absolute Gasteiger partial charge is 0.307 e. The van der Waals surface area contributed by atoms with E-state index in [0.29, 0.717) is 5.56 Å². The van der Waals surface area contributed by atoms with Crippen molar-refractivity contribution in [1.82, 2.24) is 4.98 Å². The summed E-state index contributed by atoms with van der Waals surface area (Å²) in [4.78, 5) is 14.7. The molecule has 2 rings (SSSR count). The Bertz CT molecular complexity index is 770. The Hall–Kier alpha value is -2.41. The van der Waals surface area contributed by atoms with Crippen molar-refractivity contribution >= 4 is 15.8 Å². The van der Waals surface area contributed by atoms with Gasteiger partial charge in [-0.1, -0.05) is 18.2 Å². The van der Waals surface area contributed by atoms with E-state index in [9.17, 15) is 13.2 Å². The number of carboxylic acid groups (broad SMARTS) is 1. The van der Waals surface area contributed by atoms with Crippen LogP contribution in [0.2, 0.25) is 0 Å². The SMILES string of the molecule is CS(=O)(=O)c1cccnc1Oc1ccccc1CC(=O)O. The van der Waals surface area contributed by atoms with Crippen LogP contribution in [-0.2, 0) is 21.1 Å². The van der Waals surface area contributed by atoms with Crippen LogP contribution in [0.1, 0.15) is 5.56 Å². The lowest BCUT2D eigenvalue weighted by Gasteiger charge is -2.11. The van der Waals surface area contributed by atoms with Crippen LogP contribution in [0.4, 0.5) is 0 Å². The first-order chi connectivity index (χ1) is 9.88. The fourth-order valence-electron chi connectivity index (χ4n) is 1.75. The lowest BCUT2D eigenvalue weighted by molar-refractivity contribution is -0.136. The number of nitrogens with zero attached hydrogens (tertiary/aromatic N) is 1. The summed E-state index contributed by atoms with van der Waals surface area (Å²) in [5.41, 5.74) is 0.440. The largest absolute Gasteiger partial charge is 0.481 e. The standard InChI is InChI=1S/C14H13NO5S/c1-21(18,19)12-7-4-8-15-14(12)20-11-6-3-2-5-10(11)9-13(16)17/h2-8H,9H2,1H3,(H,16,17). The number of hydrogen-bond donors (Lipinski definition) is 1. The maximum Gasteiger partial charge on any atom is 0.307 e. The molecule has 0 aliphatic carbocycles. The summed E-state index contributed by atoms with van der Waals surface area (Å²) in [5, 5.41) is 8.87. The summed E-state index contributed by atoms with van der Waals surface area (Å²) in [6.07, 6.45) is 2.24. The lowest BCUT2D eigenvalue weighted by Crippen LogP contribution is -2.05. The maximum absolute atomic E-state index is 11.7. The molecule has 1 aromatic heterocycles. The molecule has 21 heavy (non-hydrogen) atoms. The highest BCUT2D eigenvalue weighted by molar-refractivity contribution is 7.90. The molecular formula is C14H13NO5S. The van der Waals surface area contributed by atoms with Crippen molar-refractivity contribution in [2.75, 3.05) is 6.26 Å². The molecule has 0 saturated heterocycles. The zero-order chi connectivity index (χ0) is 15.5. The second-order valence-electron chi connectivity index (χ2n) is 4.36. The first kappa shape index (κ1) is 15.0. The number of para-hydroxylation sites is 1. The molecule has 2 aromatic rings. The number of pyridine rings is 1. The minimum Gasteiger partial charge on any atom is -0.481 e. The van der Waals surface area contributed by atoms with Crippen molar-refractivity contribution in [2.24, 2.45) is 0 Å². The molecule has 0 radical (unpaired) electrons. The van der Waals surface area contributed by atoms with Crippen molar-refractivity contribution < 1.29 is 23.1 Å².